The summed E-state index contributed by atoms with van der Waals surface area (Å²) in [5, 5.41) is 22.2. The third-order valence-corrected chi connectivity index (χ3v) is 3.10. The molecule has 0 saturated carbocycles. The second kappa shape index (κ2) is 8.36. The zero-order valence-corrected chi connectivity index (χ0v) is 11.3. The van der Waals surface area contributed by atoms with Crippen molar-refractivity contribution in [3.8, 4) is 0 Å². The van der Waals surface area contributed by atoms with Gasteiger partial charge < -0.3 is 25.7 Å². The number of likely N-dealkylation sites (tertiary alicyclic amines) is 1. The van der Waals surface area contributed by atoms with Crippen LogP contribution in [0.4, 0.5) is 4.79 Å². The van der Waals surface area contributed by atoms with Crippen molar-refractivity contribution in [1.29, 1.82) is 0 Å². The lowest BCUT2D eigenvalue weighted by Crippen LogP contribution is -2.45. The molecule has 8 nitrogen and oxygen atoms in total. The van der Waals surface area contributed by atoms with Gasteiger partial charge in [-0.15, -0.1) is 0 Å². The van der Waals surface area contributed by atoms with Crippen molar-refractivity contribution in [2.75, 3.05) is 26.2 Å². The van der Waals surface area contributed by atoms with Gasteiger partial charge in [-0.1, -0.05) is 0 Å². The average molecular weight is 287 g/mol. The maximum absolute atomic E-state index is 11.7. The lowest BCUT2D eigenvalue weighted by molar-refractivity contribution is -0.146. The van der Waals surface area contributed by atoms with E-state index in [4.69, 9.17) is 10.2 Å². The Labute approximate surface area is 117 Å². The minimum absolute atomic E-state index is 0.0250. The Hall–Kier alpha value is -1.83. The van der Waals surface area contributed by atoms with Crippen LogP contribution < -0.4 is 10.6 Å². The molecular weight excluding hydrogens is 266 g/mol. The molecule has 0 radical (unpaired) electrons. The first kappa shape index (κ1) is 16.2. The predicted molar refractivity (Wildman–Crippen MR) is 70.1 cm³/mol. The summed E-state index contributed by atoms with van der Waals surface area (Å²) in [5.74, 6) is -1.45. The molecule has 0 aromatic carbocycles. The summed E-state index contributed by atoms with van der Waals surface area (Å²) >= 11 is 0. The Morgan fingerprint density at radius 1 is 1.10 bits per heavy atom. The molecule has 0 bridgehead atoms. The van der Waals surface area contributed by atoms with Gasteiger partial charge in [-0.2, -0.15) is 0 Å². The van der Waals surface area contributed by atoms with Gasteiger partial charge in [0.1, 0.15) is 0 Å². The fourth-order valence-electron chi connectivity index (χ4n) is 1.92. The summed E-state index contributed by atoms with van der Waals surface area (Å²) in [6.07, 6.45) is 1.54. The van der Waals surface area contributed by atoms with Crippen LogP contribution >= 0.6 is 0 Å². The van der Waals surface area contributed by atoms with E-state index in [1.807, 2.05) is 0 Å². The number of hydrogen-bond acceptors (Lipinski definition) is 4. The molecule has 20 heavy (non-hydrogen) atoms. The SMILES string of the molecule is O=C(NCCC(O)C(=O)O)NCC(=O)N1CCCCC1. The Kier molecular flexibility index (Phi) is 6.78. The van der Waals surface area contributed by atoms with Crippen LogP contribution in [-0.2, 0) is 9.59 Å². The molecule has 0 aliphatic carbocycles. The van der Waals surface area contributed by atoms with E-state index in [0.29, 0.717) is 0 Å². The number of urea groups is 1. The number of carbonyl (C=O) groups is 3. The highest BCUT2D eigenvalue weighted by Crippen LogP contribution is 2.08. The van der Waals surface area contributed by atoms with E-state index in [-0.39, 0.29) is 25.4 Å². The van der Waals surface area contributed by atoms with Crippen molar-refractivity contribution in [2.24, 2.45) is 0 Å². The standard InChI is InChI=1S/C12H21N3O5/c16-9(11(18)19)4-5-13-12(20)14-8-10(17)15-6-2-1-3-7-15/h9,16H,1-8H2,(H,18,19)(H2,13,14,20). The van der Waals surface area contributed by atoms with E-state index in [2.05, 4.69) is 10.6 Å². The highest BCUT2D eigenvalue weighted by atomic mass is 16.4. The fourth-order valence-corrected chi connectivity index (χ4v) is 1.92. The van der Waals surface area contributed by atoms with Gasteiger partial charge >= 0.3 is 12.0 Å². The van der Waals surface area contributed by atoms with Crippen LogP contribution in [-0.4, -0.2) is 65.3 Å². The van der Waals surface area contributed by atoms with Crippen molar-refractivity contribution in [1.82, 2.24) is 15.5 Å². The minimum Gasteiger partial charge on any atom is -0.479 e. The highest BCUT2D eigenvalue weighted by molar-refractivity contribution is 5.84. The number of carbonyl (C=O) groups excluding carboxylic acids is 2. The van der Waals surface area contributed by atoms with E-state index in [1.54, 1.807) is 4.90 Å². The van der Waals surface area contributed by atoms with Gasteiger partial charge in [-0.05, 0) is 19.3 Å². The average Bonchev–Trinajstić information content (AvgIpc) is 2.45. The predicted octanol–water partition coefficient (Wildman–Crippen LogP) is -0.866. The monoisotopic (exact) mass is 287 g/mol. The van der Waals surface area contributed by atoms with Crippen molar-refractivity contribution in [3.05, 3.63) is 0 Å². The molecule has 0 aromatic rings. The largest absolute Gasteiger partial charge is 0.479 e. The van der Waals surface area contributed by atoms with Gasteiger partial charge in [0, 0.05) is 26.1 Å². The van der Waals surface area contributed by atoms with Crippen molar-refractivity contribution < 1.29 is 24.6 Å². The molecule has 0 spiro atoms. The molecule has 1 aliphatic rings. The lowest BCUT2D eigenvalue weighted by Gasteiger charge is -2.26. The Bertz CT molecular complexity index is 355. The second-order valence-electron chi connectivity index (χ2n) is 4.69. The van der Waals surface area contributed by atoms with Gasteiger partial charge in [0.25, 0.3) is 0 Å². The molecule has 1 rings (SSSR count). The number of carboxylic acid groups (broad SMARTS) is 1. The summed E-state index contributed by atoms with van der Waals surface area (Å²) in [4.78, 5) is 35.2. The number of aliphatic hydroxyl groups excluding tert-OH is 1. The van der Waals surface area contributed by atoms with Crippen LogP contribution in [0.2, 0.25) is 0 Å². The number of rotatable bonds is 6. The van der Waals surface area contributed by atoms with Gasteiger partial charge in [-0.25, -0.2) is 9.59 Å². The molecule has 1 heterocycles. The molecule has 4 N–H and O–H groups in total. The number of nitrogens with zero attached hydrogens (tertiary/aromatic N) is 1. The Morgan fingerprint density at radius 3 is 2.35 bits per heavy atom. The molecule has 1 fully saturated rings. The summed E-state index contributed by atoms with van der Waals surface area (Å²) in [7, 11) is 0. The van der Waals surface area contributed by atoms with Gasteiger partial charge in [0.2, 0.25) is 5.91 Å². The first-order chi connectivity index (χ1) is 9.50. The molecule has 0 aromatic heterocycles. The topological polar surface area (TPSA) is 119 Å². The molecule has 8 heteroatoms. The Morgan fingerprint density at radius 2 is 1.75 bits per heavy atom. The molecular formula is C12H21N3O5. The van der Waals surface area contributed by atoms with Crippen molar-refractivity contribution in [2.45, 2.75) is 31.8 Å². The van der Waals surface area contributed by atoms with Crippen LogP contribution in [0.15, 0.2) is 0 Å². The molecule has 1 unspecified atom stereocenters. The third kappa shape index (κ3) is 5.87. The number of carboxylic acids is 1. The third-order valence-electron chi connectivity index (χ3n) is 3.10. The smallest absolute Gasteiger partial charge is 0.332 e. The zero-order chi connectivity index (χ0) is 15.0. The van der Waals surface area contributed by atoms with Crippen LogP contribution in [0, 0.1) is 0 Å². The van der Waals surface area contributed by atoms with Gasteiger partial charge in [-0.3, -0.25) is 4.79 Å². The van der Waals surface area contributed by atoms with Crippen LogP contribution in [0.1, 0.15) is 25.7 Å². The first-order valence-corrected chi connectivity index (χ1v) is 6.71. The van der Waals surface area contributed by atoms with Crippen LogP contribution in [0.5, 0.6) is 0 Å². The number of hydrogen-bond donors (Lipinski definition) is 4. The van der Waals surface area contributed by atoms with E-state index < -0.39 is 18.1 Å². The quantitative estimate of drug-likeness (QED) is 0.506. The molecule has 3 amide bonds. The summed E-state index contributed by atoms with van der Waals surface area (Å²) in [5.41, 5.74) is 0. The Balaban J connectivity index is 2.13. The molecule has 114 valence electrons. The van der Waals surface area contributed by atoms with Crippen molar-refractivity contribution >= 4 is 17.9 Å². The fraction of sp³-hybridized carbons (Fsp3) is 0.750. The normalized spacial score (nSPS) is 16.4. The van der Waals surface area contributed by atoms with Crippen LogP contribution in [0.3, 0.4) is 0 Å². The zero-order valence-electron chi connectivity index (χ0n) is 11.3. The maximum Gasteiger partial charge on any atom is 0.332 e. The summed E-state index contributed by atoms with van der Waals surface area (Å²) in [6.45, 7) is 1.41. The number of nitrogens with one attached hydrogen (secondary N) is 2. The number of aliphatic carboxylic acids is 1. The van der Waals surface area contributed by atoms with E-state index in [1.165, 1.54) is 0 Å². The summed E-state index contributed by atoms with van der Waals surface area (Å²) < 4.78 is 0. The minimum atomic E-state index is -1.50. The lowest BCUT2D eigenvalue weighted by atomic mass is 10.1. The first-order valence-electron chi connectivity index (χ1n) is 6.71. The molecule has 1 atom stereocenters. The van der Waals surface area contributed by atoms with E-state index in [9.17, 15) is 14.4 Å². The molecule has 1 aliphatic heterocycles. The van der Waals surface area contributed by atoms with Gasteiger partial charge in [0.15, 0.2) is 6.10 Å². The number of piperidine rings is 1. The second-order valence-corrected chi connectivity index (χ2v) is 4.69. The molecule has 1 saturated heterocycles. The highest BCUT2D eigenvalue weighted by Gasteiger charge is 2.17. The van der Waals surface area contributed by atoms with Gasteiger partial charge in [0.05, 0.1) is 6.54 Å². The van der Waals surface area contributed by atoms with Crippen LogP contribution in [0.25, 0.3) is 0 Å². The maximum atomic E-state index is 11.7. The van der Waals surface area contributed by atoms with E-state index in [0.717, 1.165) is 32.4 Å². The summed E-state index contributed by atoms with van der Waals surface area (Å²) in [6, 6.07) is -0.548. The van der Waals surface area contributed by atoms with E-state index >= 15 is 0 Å². The number of amides is 3. The van der Waals surface area contributed by atoms with Crippen molar-refractivity contribution in [3.63, 3.8) is 0 Å². The number of aliphatic hydroxyl groups is 1.